The Labute approximate surface area is 195 Å². The van der Waals surface area contributed by atoms with Crippen LogP contribution >= 0.6 is 11.3 Å². The third kappa shape index (κ3) is 3.80. The Bertz CT molecular complexity index is 1370. The molecule has 2 unspecified atom stereocenters. The molecule has 3 aromatic heterocycles. The van der Waals surface area contributed by atoms with Gasteiger partial charge in [-0.1, -0.05) is 0 Å². The molecule has 1 aliphatic heterocycles. The first-order valence-electron chi connectivity index (χ1n) is 11.6. The first kappa shape index (κ1) is 20.7. The average molecular weight is 465 g/mol. The summed E-state index contributed by atoms with van der Waals surface area (Å²) in [7, 11) is 2.15. The van der Waals surface area contributed by atoms with Crippen molar-refractivity contribution in [2.45, 2.75) is 31.4 Å². The number of anilines is 2. The number of thiophene rings is 1. The van der Waals surface area contributed by atoms with E-state index in [-0.39, 0.29) is 17.7 Å². The Morgan fingerprint density at radius 2 is 1.97 bits per heavy atom. The predicted molar refractivity (Wildman–Crippen MR) is 135 cm³/mol. The molecule has 1 saturated carbocycles. The molecule has 0 bridgehead atoms. The summed E-state index contributed by atoms with van der Waals surface area (Å²) >= 11 is 1.60. The summed E-state index contributed by atoms with van der Waals surface area (Å²) in [5, 5.41) is 15.6. The number of nitrogens with one attached hydrogen (secondary N) is 3. The maximum Gasteiger partial charge on any atom is 0.261 e. The number of nitrogens with zero attached hydrogens (tertiary/aromatic N) is 3. The van der Waals surface area contributed by atoms with Gasteiger partial charge in [0.2, 0.25) is 0 Å². The van der Waals surface area contributed by atoms with Gasteiger partial charge in [-0.25, -0.2) is 4.98 Å². The minimum atomic E-state index is -0.286. The molecular weight excluding hydrogens is 436 g/mol. The number of hydrogen-bond acceptors (Lipinski definition) is 7. The SMILES string of the molecule is CN1CCN(c2ccc3nc(-c4c(NC5CCC(O)C5)c5sccc5[nH]c4=O)[nH]c3c2)CC1. The topological polar surface area (TPSA) is 100 Å². The van der Waals surface area contributed by atoms with Crippen LogP contribution in [0.5, 0.6) is 0 Å². The van der Waals surface area contributed by atoms with Gasteiger partial charge >= 0.3 is 0 Å². The highest BCUT2D eigenvalue weighted by atomic mass is 32.1. The Kier molecular flexibility index (Phi) is 5.12. The molecule has 8 nitrogen and oxygen atoms in total. The van der Waals surface area contributed by atoms with Crippen LogP contribution in [0.4, 0.5) is 11.4 Å². The molecule has 1 saturated heterocycles. The first-order chi connectivity index (χ1) is 16.0. The molecule has 4 heterocycles. The number of rotatable bonds is 4. The highest BCUT2D eigenvalue weighted by molar-refractivity contribution is 7.17. The maximum absolute atomic E-state index is 13.2. The molecule has 0 radical (unpaired) electrons. The van der Waals surface area contributed by atoms with E-state index in [1.807, 2.05) is 17.5 Å². The number of hydrogen-bond donors (Lipinski definition) is 4. The fraction of sp³-hybridized carbons (Fsp3) is 0.417. The van der Waals surface area contributed by atoms with Crippen molar-refractivity contribution in [3.63, 3.8) is 0 Å². The van der Waals surface area contributed by atoms with Gasteiger partial charge in [0.15, 0.2) is 0 Å². The van der Waals surface area contributed by atoms with Gasteiger partial charge in [0.25, 0.3) is 5.56 Å². The maximum atomic E-state index is 13.2. The molecule has 0 spiro atoms. The number of benzene rings is 1. The summed E-state index contributed by atoms with van der Waals surface area (Å²) in [6, 6.07) is 8.35. The van der Waals surface area contributed by atoms with Crippen LogP contribution in [0.2, 0.25) is 0 Å². The van der Waals surface area contributed by atoms with E-state index in [2.05, 4.69) is 44.3 Å². The summed E-state index contributed by atoms with van der Waals surface area (Å²) in [4.78, 5) is 29.2. The van der Waals surface area contributed by atoms with Gasteiger partial charge in [-0.05, 0) is 56.0 Å². The lowest BCUT2D eigenvalue weighted by atomic mass is 10.1. The van der Waals surface area contributed by atoms with Crippen molar-refractivity contribution >= 4 is 44.0 Å². The molecule has 0 amide bonds. The van der Waals surface area contributed by atoms with Crippen molar-refractivity contribution in [1.29, 1.82) is 0 Å². The van der Waals surface area contributed by atoms with Crippen molar-refractivity contribution in [3.8, 4) is 11.4 Å². The molecule has 172 valence electrons. The third-order valence-electron chi connectivity index (χ3n) is 6.94. The van der Waals surface area contributed by atoms with Gasteiger partial charge in [0, 0.05) is 37.9 Å². The van der Waals surface area contributed by atoms with Crippen molar-refractivity contribution in [3.05, 3.63) is 40.0 Å². The van der Waals surface area contributed by atoms with E-state index in [0.717, 1.165) is 66.0 Å². The van der Waals surface area contributed by atoms with Gasteiger partial charge in [-0.15, -0.1) is 11.3 Å². The molecule has 1 aliphatic carbocycles. The number of likely N-dealkylation sites (N-methyl/N-ethyl adjacent to an activating group) is 1. The zero-order chi connectivity index (χ0) is 22.5. The molecule has 6 rings (SSSR count). The number of piperazine rings is 1. The highest BCUT2D eigenvalue weighted by Gasteiger charge is 2.26. The lowest BCUT2D eigenvalue weighted by Crippen LogP contribution is -2.44. The second-order valence-corrected chi connectivity index (χ2v) is 10.2. The zero-order valence-electron chi connectivity index (χ0n) is 18.6. The van der Waals surface area contributed by atoms with Crippen LogP contribution in [-0.2, 0) is 0 Å². The minimum Gasteiger partial charge on any atom is -0.393 e. The molecule has 33 heavy (non-hydrogen) atoms. The molecule has 2 fully saturated rings. The summed E-state index contributed by atoms with van der Waals surface area (Å²) < 4.78 is 1.00. The van der Waals surface area contributed by atoms with Crippen molar-refractivity contribution < 1.29 is 5.11 Å². The van der Waals surface area contributed by atoms with Gasteiger partial charge in [0.1, 0.15) is 11.4 Å². The molecule has 2 atom stereocenters. The standard InChI is InChI=1S/C24H28N6O2S/c1-29-7-9-30(10-8-29)15-3-5-17-19(13-15)27-23(26-17)20-21(25-14-2-4-16(31)12-14)22-18(6-11-33-22)28-24(20)32/h3,5-6,11,13-14,16,31H,2,4,7-10,12H2,1H3,(H,26,27)(H2,25,28,32). The second-order valence-electron chi connectivity index (χ2n) is 9.25. The lowest BCUT2D eigenvalue weighted by Gasteiger charge is -2.34. The summed E-state index contributed by atoms with van der Waals surface area (Å²) in [6.07, 6.45) is 2.07. The second kappa shape index (κ2) is 8.16. The van der Waals surface area contributed by atoms with Crippen molar-refractivity contribution in [1.82, 2.24) is 19.9 Å². The van der Waals surface area contributed by atoms with Gasteiger partial charge in [-0.3, -0.25) is 4.79 Å². The van der Waals surface area contributed by atoms with Crippen LogP contribution in [0, 0.1) is 0 Å². The minimum absolute atomic E-state index is 0.138. The van der Waals surface area contributed by atoms with Crippen molar-refractivity contribution in [2.75, 3.05) is 43.4 Å². The fourth-order valence-electron chi connectivity index (χ4n) is 5.05. The molecule has 4 aromatic rings. The number of H-pyrrole nitrogens is 2. The molecule has 2 aliphatic rings. The van der Waals surface area contributed by atoms with Crippen LogP contribution in [0.25, 0.3) is 32.6 Å². The van der Waals surface area contributed by atoms with Crippen LogP contribution in [0.1, 0.15) is 19.3 Å². The highest BCUT2D eigenvalue weighted by Crippen LogP contribution is 2.36. The number of pyridine rings is 1. The average Bonchev–Trinajstić information content (AvgIpc) is 3.53. The summed E-state index contributed by atoms with van der Waals surface area (Å²) in [6.45, 7) is 4.10. The predicted octanol–water partition coefficient (Wildman–Crippen LogP) is 3.21. The number of aliphatic hydroxyl groups is 1. The van der Waals surface area contributed by atoms with E-state index < -0.39 is 0 Å². The number of fused-ring (bicyclic) bond motifs is 2. The Morgan fingerprint density at radius 1 is 1.12 bits per heavy atom. The number of aromatic nitrogens is 3. The number of imidazole rings is 1. The van der Waals surface area contributed by atoms with Gasteiger partial charge in [-0.2, -0.15) is 0 Å². The summed E-state index contributed by atoms with van der Waals surface area (Å²) in [5.74, 6) is 0.568. The van der Waals surface area contributed by atoms with E-state index in [4.69, 9.17) is 4.98 Å². The van der Waals surface area contributed by atoms with E-state index in [1.165, 1.54) is 5.69 Å². The van der Waals surface area contributed by atoms with Crippen LogP contribution in [0.3, 0.4) is 0 Å². The normalized spacial score (nSPS) is 21.9. The first-order valence-corrected chi connectivity index (χ1v) is 12.4. The van der Waals surface area contributed by atoms with Gasteiger partial charge in [0.05, 0.1) is 33.0 Å². The largest absolute Gasteiger partial charge is 0.393 e. The van der Waals surface area contributed by atoms with E-state index in [0.29, 0.717) is 17.8 Å². The Balaban J connectivity index is 1.42. The van der Waals surface area contributed by atoms with Crippen molar-refractivity contribution in [2.24, 2.45) is 0 Å². The Hall–Kier alpha value is -2.88. The molecule has 4 N–H and O–H groups in total. The monoisotopic (exact) mass is 464 g/mol. The quantitative estimate of drug-likeness (QED) is 0.370. The van der Waals surface area contributed by atoms with Crippen LogP contribution in [-0.4, -0.2) is 70.3 Å². The lowest BCUT2D eigenvalue weighted by molar-refractivity contribution is 0.182. The molecule has 1 aromatic carbocycles. The zero-order valence-corrected chi connectivity index (χ0v) is 19.4. The molecule has 9 heteroatoms. The Morgan fingerprint density at radius 3 is 2.76 bits per heavy atom. The fourth-order valence-corrected chi connectivity index (χ4v) is 5.91. The van der Waals surface area contributed by atoms with E-state index in [9.17, 15) is 9.90 Å². The summed E-state index contributed by atoms with van der Waals surface area (Å²) in [5.41, 5.74) is 4.94. The smallest absolute Gasteiger partial charge is 0.261 e. The number of aliphatic hydroxyl groups excluding tert-OH is 1. The third-order valence-corrected chi connectivity index (χ3v) is 7.87. The van der Waals surface area contributed by atoms with Crippen LogP contribution < -0.4 is 15.8 Å². The molecular formula is C24H28N6O2S. The van der Waals surface area contributed by atoms with Crippen LogP contribution in [0.15, 0.2) is 34.4 Å². The van der Waals surface area contributed by atoms with Gasteiger partial charge < -0.3 is 30.2 Å². The number of aromatic amines is 2. The van der Waals surface area contributed by atoms with E-state index >= 15 is 0 Å². The van der Waals surface area contributed by atoms with E-state index in [1.54, 1.807) is 11.3 Å².